The molecule has 8 heteroatoms. The number of hydrogen-bond acceptors (Lipinski definition) is 5. The highest BCUT2D eigenvalue weighted by Gasteiger charge is 2.22. The van der Waals surface area contributed by atoms with E-state index in [1.54, 1.807) is 6.33 Å². The Bertz CT molecular complexity index is 911. The van der Waals surface area contributed by atoms with Crippen molar-refractivity contribution in [1.82, 2.24) is 30.3 Å². The Kier molecular flexibility index (Phi) is 4.02. The van der Waals surface area contributed by atoms with Gasteiger partial charge in [-0.15, -0.1) is 10.2 Å². The van der Waals surface area contributed by atoms with Crippen LogP contribution in [0.2, 0.25) is 0 Å². The summed E-state index contributed by atoms with van der Waals surface area (Å²) in [7, 11) is 0. The quantitative estimate of drug-likeness (QED) is 0.671. The van der Waals surface area contributed by atoms with Crippen molar-refractivity contribution in [2.75, 3.05) is 11.9 Å². The number of carbonyl (C=O) groups is 1. The maximum atomic E-state index is 12.8. The number of aryl methyl sites for hydroxylation is 1. The molecular weight excluding hydrogens is 318 g/mol. The van der Waals surface area contributed by atoms with E-state index < -0.39 is 0 Å². The van der Waals surface area contributed by atoms with E-state index in [0.717, 1.165) is 42.2 Å². The summed E-state index contributed by atoms with van der Waals surface area (Å²) >= 11 is 0. The van der Waals surface area contributed by atoms with Gasteiger partial charge in [0.1, 0.15) is 6.33 Å². The van der Waals surface area contributed by atoms with E-state index in [0.29, 0.717) is 17.9 Å². The lowest BCUT2D eigenvalue weighted by atomic mass is 10.1. The van der Waals surface area contributed by atoms with Gasteiger partial charge in [0.05, 0.1) is 5.69 Å². The molecule has 2 aromatic heterocycles. The molecule has 0 saturated heterocycles. The van der Waals surface area contributed by atoms with Gasteiger partial charge >= 0.3 is 0 Å². The van der Waals surface area contributed by atoms with E-state index >= 15 is 0 Å². The molecular formula is C17H19N7O. The topological polar surface area (TPSA) is 101 Å². The number of nitrogens with one attached hydrogen (secondary N) is 3. The monoisotopic (exact) mass is 337 g/mol. The molecule has 3 heterocycles. The molecule has 0 fully saturated rings. The number of para-hydroxylation sites is 1. The molecule has 8 nitrogen and oxygen atoms in total. The first-order valence-corrected chi connectivity index (χ1v) is 8.33. The van der Waals surface area contributed by atoms with Crippen molar-refractivity contribution in [3.05, 3.63) is 47.5 Å². The predicted octanol–water partition coefficient (Wildman–Crippen LogP) is 1.59. The van der Waals surface area contributed by atoms with E-state index in [-0.39, 0.29) is 5.91 Å². The van der Waals surface area contributed by atoms with E-state index in [1.807, 2.05) is 35.8 Å². The van der Waals surface area contributed by atoms with Crippen LogP contribution in [0.3, 0.4) is 0 Å². The number of aromatic nitrogens is 5. The van der Waals surface area contributed by atoms with Gasteiger partial charge in [-0.2, -0.15) is 5.10 Å². The number of nitrogens with zero attached hydrogens (tertiary/aromatic N) is 4. The molecule has 3 N–H and O–H groups in total. The van der Waals surface area contributed by atoms with Gasteiger partial charge in [-0.1, -0.05) is 12.1 Å². The van der Waals surface area contributed by atoms with Crippen LogP contribution in [0.4, 0.5) is 5.69 Å². The molecule has 0 aliphatic carbocycles. The molecule has 1 amide bonds. The highest BCUT2D eigenvalue weighted by Crippen LogP contribution is 2.27. The lowest BCUT2D eigenvalue weighted by Crippen LogP contribution is -2.25. The second-order valence-electron chi connectivity index (χ2n) is 5.90. The second-order valence-corrected chi connectivity index (χ2v) is 5.90. The average Bonchev–Trinajstić information content (AvgIpc) is 3.29. The molecule has 128 valence electrons. The first-order chi connectivity index (χ1) is 12.3. The Hall–Kier alpha value is -3.00. The first kappa shape index (κ1) is 15.5. The van der Waals surface area contributed by atoms with Crippen LogP contribution in [0.1, 0.15) is 28.7 Å². The molecule has 1 aromatic carbocycles. The zero-order valence-electron chi connectivity index (χ0n) is 13.9. The third-order valence-corrected chi connectivity index (χ3v) is 4.39. The molecule has 0 radical (unpaired) electrons. The lowest BCUT2D eigenvalue weighted by Gasteiger charge is -2.14. The van der Waals surface area contributed by atoms with E-state index in [1.165, 1.54) is 0 Å². The van der Waals surface area contributed by atoms with Crippen molar-refractivity contribution in [3.63, 3.8) is 0 Å². The van der Waals surface area contributed by atoms with Gasteiger partial charge in [0.25, 0.3) is 5.91 Å². The van der Waals surface area contributed by atoms with Crippen molar-refractivity contribution in [1.29, 1.82) is 0 Å². The van der Waals surface area contributed by atoms with E-state index in [4.69, 9.17) is 0 Å². The van der Waals surface area contributed by atoms with Crippen LogP contribution in [0.25, 0.3) is 11.4 Å². The van der Waals surface area contributed by atoms with Crippen molar-refractivity contribution in [2.24, 2.45) is 0 Å². The van der Waals surface area contributed by atoms with Gasteiger partial charge in [0, 0.05) is 42.9 Å². The fourth-order valence-corrected chi connectivity index (χ4v) is 3.08. The fraction of sp³-hybridized carbons (Fsp3) is 0.294. The number of anilines is 1. The summed E-state index contributed by atoms with van der Waals surface area (Å²) in [5, 5.41) is 21.6. The van der Waals surface area contributed by atoms with Crippen LogP contribution in [0.15, 0.2) is 30.6 Å². The third-order valence-electron chi connectivity index (χ3n) is 4.39. The Labute approximate surface area is 144 Å². The van der Waals surface area contributed by atoms with Gasteiger partial charge in [-0.3, -0.25) is 9.89 Å². The summed E-state index contributed by atoms with van der Waals surface area (Å²) in [6.45, 7) is 4.33. The summed E-state index contributed by atoms with van der Waals surface area (Å²) in [5.74, 6) is 0.500. The molecule has 0 bridgehead atoms. The number of amides is 1. The number of aromatic amines is 1. The van der Waals surface area contributed by atoms with E-state index in [2.05, 4.69) is 31.0 Å². The molecule has 25 heavy (non-hydrogen) atoms. The SMILES string of the molecule is CCn1cnnc1-c1ccccc1NC(=O)c1n[nH]c2c1CNCC2. The van der Waals surface area contributed by atoms with Crippen molar-refractivity contribution >= 4 is 11.6 Å². The molecule has 0 spiro atoms. The number of carbonyl (C=O) groups excluding carboxylic acids is 1. The fourth-order valence-electron chi connectivity index (χ4n) is 3.08. The Morgan fingerprint density at radius 1 is 1.36 bits per heavy atom. The number of fused-ring (bicyclic) bond motifs is 1. The molecule has 4 rings (SSSR count). The summed E-state index contributed by atoms with van der Waals surface area (Å²) in [4.78, 5) is 12.8. The van der Waals surface area contributed by atoms with Gasteiger partial charge in [0.2, 0.25) is 0 Å². The van der Waals surface area contributed by atoms with Crippen LogP contribution in [-0.2, 0) is 19.5 Å². The maximum Gasteiger partial charge on any atom is 0.276 e. The lowest BCUT2D eigenvalue weighted by molar-refractivity contribution is 0.102. The number of benzene rings is 1. The smallest absolute Gasteiger partial charge is 0.276 e. The molecule has 3 aromatic rings. The standard InChI is InChI=1S/C17H19N7O/c1-2-24-10-19-23-16(24)11-5-3-4-6-13(11)20-17(25)15-12-9-18-8-7-14(12)21-22-15/h3-6,10,18H,2,7-9H2,1H3,(H,20,25)(H,21,22). The van der Waals surface area contributed by atoms with Gasteiger partial charge in [-0.25, -0.2) is 0 Å². The highest BCUT2D eigenvalue weighted by molar-refractivity contribution is 6.05. The number of hydrogen-bond donors (Lipinski definition) is 3. The molecule has 1 aliphatic heterocycles. The molecule has 0 unspecified atom stereocenters. The minimum Gasteiger partial charge on any atom is -0.320 e. The van der Waals surface area contributed by atoms with Gasteiger partial charge < -0.3 is 15.2 Å². The summed E-state index contributed by atoms with van der Waals surface area (Å²) in [5.41, 5.74) is 3.93. The Morgan fingerprint density at radius 3 is 3.12 bits per heavy atom. The summed E-state index contributed by atoms with van der Waals surface area (Å²) < 4.78 is 1.94. The number of H-pyrrole nitrogens is 1. The molecule has 0 atom stereocenters. The zero-order chi connectivity index (χ0) is 17.2. The second kappa shape index (κ2) is 6.48. The molecule has 0 saturated carbocycles. The van der Waals surface area contributed by atoms with Crippen LogP contribution in [-0.4, -0.2) is 37.4 Å². The maximum absolute atomic E-state index is 12.8. The van der Waals surface area contributed by atoms with Gasteiger partial charge in [-0.05, 0) is 19.1 Å². The largest absolute Gasteiger partial charge is 0.320 e. The van der Waals surface area contributed by atoms with Crippen LogP contribution in [0, 0.1) is 0 Å². The van der Waals surface area contributed by atoms with Crippen LogP contribution >= 0.6 is 0 Å². The summed E-state index contributed by atoms with van der Waals surface area (Å²) in [6, 6.07) is 7.58. The molecule has 1 aliphatic rings. The summed E-state index contributed by atoms with van der Waals surface area (Å²) in [6.07, 6.45) is 2.54. The van der Waals surface area contributed by atoms with Gasteiger partial charge in [0.15, 0.2) is 11.5 Å². The van der Waals surface area contributed by atoms with Crippen LogP contribution < -0.4 is 10.6 Å². The Balaban J connectivity index is 1.66. The van der Waals surface area contributed by atoms with Crippen LogP contribution in [0.5, 0.6) is 0 Å². The first-order valence-electron chi connectivity index (χ1n) is 8.33. The predicted molar refractivity (Wildman–Crippen MR) is 93.1 cm³/mol. The normalized spacial score (nSPS) is 13.5. The highest BCUT2D eigenvalue weighted by atomic mass is 16.2. The van der Waals surface area contributed by atoms with Crippen molar-refractivity contribution in [3.8, 4) is 11.4 Å². The minimum absolute atomic E-state index is 0.226. The minimum atomic E-state index is -0.226. The van der Waals surface area contributed by atoms with Crippen molar-refractivity contribution < 1.29 is 4.79 Å². The van der Waals surface area contributed by atoms with E-state index in [9.17, 15) is 4.79 Å². The third kappa shape index (κ3) is 2.80. The Morgan fingerprint density at radius 2 is 2.24 bits per heavy atom. The van der Waals surface area contributed by atoms with Crippen molar-refractivity contribution in [2.45, 2.75) is 26.4 Å². The average molecular weight is 337 g/mol. The number of rotatable bonds is 4. The zero-order valence-corrected chi connectivity index (χ0v) is 13.9.